The summed E-state index contributed by atoms with van der Waals surface area (Å²) < 4.78 is 12.9. The molecule has 0 radical (unpaired) electrons. The zero-order valence-electron chi connectivity index (χ0n) is 20.0. The van der Waals surface area contributed by atoms with Gasteiger partial charge in [0.25, 0.3) is 5.91 Å². The Labute approximate surface area is 190 Å². The fourth-order valence-electron chi connectivity index (χ4n) is 7.80. The second-order valence-electron chi connectivity index (χ2n) is 11.4. The van der Waals surface area contributed by atoms with Crippen LogP contribution in [0.3, 0.4) is 0 Å². The highest BCUT2D eigenvalue weighted by Crippen LogP contribution is 2.67. The van der Waals surface area contributed by atoms with Crippen molar-refractivity contribution in [2.24, 2.45) is 22.7 Å². The van der Waals surface area contributed by atoms with Crippen LogP contribution in [0, 0.1) is 22.7 Å². The van der Waals surface area contributed by atoms with Gasteiger partial charge in [-0.25, -0.2) is 0 Å². The maximum Gasteiger partial charge on any atom is 0.254 e. The van der Waals surface area contributed by atoms with Gasteiger partial charge in [0, 0.05) is 29.5 Å². The lowest BCUT2D eigenvalue weighted by atomic mass is 9.43. The molecule has 0 saturated heterocycles. The number of carbonyl (C=O) groups is 1. The van der Waals surface area contributed by atoms with Crippen molar-refractivity contribution in [3.05, 3.63) is 22.8 Å². The smallest absolute Gasteiger partial charge is 0.254 e. The fourth-order valence-corrected chi connectivity index (χ4v) is 7.80. The van der Waals surface area contributed by atoms with Crippen LogP contribution in [0.2, 0.25) is 0 Å². The third kappa shape index (κ3) is 2.62. The van der Waals surface area contributed by atoms with E-state index in [1.807, 2.05) is 6.07 Å². The molecule has 0 bridgehead atoms. The molecular formula is C26H37NO5. The number of benzene rings is 1. The monoisotopic (exact) mass is 443 g/mol. The van der Waals surface area contributed by atoms with Crippen molar-refractivity contribution in [3.8, 4) is 11.5 Å². The summed E-state index contributed by atoms with van der Waals surface area (Å²) in [7, 11) is 1.66. The number of amides is 1. The number of carbonyl (C=O) groups excluding carboxylic acids is 1. The van der Waals surface area contributed by atoms with Gasteiger partial charge in [-0.1, -0.05) is 27.7 Å². The average Bonchev–Trinajstić information content (AvgIpc) is 3.30. The van der Waals surface area contributed by atoms with Gasteiger partial charge >= 0.3 is 0 Å². The molecule has 1 aromatic carbocycles. The normalized spacial score (nSPS) is 37.2. The Morgan fingerprint density at radius 3 is 2.66 bits per heavy atom. The zero-order valence-corrected chi connectivity index (χ0v) is 20.0. The fraction of sp³-hybridized carbons (Fsp3) is 0.731. The van der Waals surface area contributed by atoms with Crippen molar-refractivity contribution in [1.82, 2.24) is 4.90 Å². The largest absolute Gasteiger partial charge is 0.496 e. The van der Waals surface area contributed by atoms with Crippen LogP contribution in [0.4, 0.5) is 0 Å². The standard InChI is InChI=1S/C26H37NO5/c1-15-6-7-20-24(2,3)21(29)8-9-25(20,4)26(15)13-17-19(31-5)12-16-18(22(17)32-26)14-27(10-11-28)23(16)30/h12,15,20-21,28-29H,6-11,13-14H2,1-5H3/t15-,20+,21-,25+,26-/m1/s1. The number of aliphatic hydroxyl groups excluding tert-OH is 2. The van der Waals surface area contributed by atoms with Crippen LogP contribution in [-0.4, -0.2) is 53.0 Å². The molecule has 1 aromatic rings. The van der Waals surface area contributed by atoms with Crippen molar-refractivity contribution in [2.45, 2.75) is 78.0 Å². The van der Waals surface area contributed by atoms with Crippen molar-refractivity contribution in [3.63, 3.8) is 0 Å². The van der Waals surface area contributed by atoms with Gasteiger partial charge in [0.2, 0.25) is 0 Å². The first-order valence-corrected chi connectivity index (χ1v) is 12.1. The highest BCUT2D eigenvalue weighted by molar-refractivity contribution is 6.00. The van der Waals surface area contributed by atoms with Gasteiger partial charge in [-0.2, -0.15) is 0 Å². The van der Waals surface area contributed by atoms with Crippen LogP contribution in [0.15, 0.2) is 6.07 Å². The van der Waals surface area contributed by atoms with Crippen molar-refractivity contribution < 1.29 is 24.5 Å². The molecule has 6 heteroatoms. The average molecular weight is 444 g/mol. The number of ether oxygens (including phenoxy) is 2. The number of fused-ring (bicyclic) bond motifs is 5. The maximum atomic E-state index is 13.0. The van der Waals surface area contributed by atoms with E-state index in [4.69, 9.17) is 9.47 Å². The third-order valence-corrected chi connectivity index (χ3v) is 9.74. The van der Waals surface area contributed by atoms with E-state index >= 15 is 0 Å². The van der Waals surface area contributed by atoms with E-state index < -0.39 is 0 Å². The van der Waals surface area contributed by atoms with Gasteiger partial charge < -0.3 is 24.6 Å². The van der Waals surface area contributed by atoms with Gasteiger partial charge in [0.15, 0.2) is 0 Å². The number of methoxy groups -OCH3 is 1. The number of β-amino-alcohol motifs (C(OH)–C–C–N with tert-alkyl or cyclic N) is 1. The Bertz CT molecular complexity index is 958. The molecule has 6 nitrogen and oxygen atoms in total. The molecule has 2 aliphatic heterocycles. The van der Waals surface area contributed by atoms with Crippen LogP contribution >= 0.6 is 0 Å². The van der Waals surface area contributed by atoms with Crippen LogP contribution in [-0.2, 0) is 13.0 Å². The summed E-state index contributed by atoms with van der Waals surface area (Å²) in [6.07, 6.45) is 4.35. The van der Waals surface area contributed by atoms with Crippen molar-refractivity contribution in [2.75, 3.05) is 20.3 Å². The summed E-state index contributed by atoms with van der Waals surface area (Å²) in [6.45, 7) is 9.85. The molecule has 1 amide bonds. The molecule has 5 atom stereocenters. The molecule has 0 unspecified atom stereocenters. The molecule has 2 fully saturated rings. The lowest BCUT2D eigenvalue weighted by Crippen LogP contribution is -2.66. The summed E-state index contributed by atoms with van der Waals surface area (Å²) in [4.78, 5) is 14.7. The van der Waals surface area contributed by atoms with E-state index in [1.54, 1.807) is 12.0 Å². The zero-order chi connectivity index (χ0) is 23.1. The highest BCUT2D eigenvalue weighted by Gasteiger charge is 2.67. The van der Waals surface area contributed by atoms with Gasteiger partial charge in [-0.3, -0.25) is 4.79 Å². The minimum atomic E-state index is -0.383. The van der Waals surface area contributed by atoms with Gasteiger partial charge in [0.05, 0.1) is 31.9 Å². The third-order valence-electron chi connectivity index (χ3n) is 9.74. The van der Waals surface area contributed by atoms with Gasteiger partial charge in [0.1, 0.15) is 17.1 Å². The summed E-state index contributed by atoms with van der Waals surface area (Å²) in [5.74, 6) is 2.19. The van der Waals surface area contributed by atoms with Crippen LogP contribution in [0.25, 0.3) is 0 Å². The predicted molar refractivity (Wildman–Crippen MR) is 121 cm³/mol. The van der Waals surface area contributed by atoms with Gasteiger partial charge in [-0.15, -0.1) is 0 Å². The molecule has 32 heavy (non-hydrogen) atoms. The second kappa shape index (κ2) is 7.10. The van der Waals surface area contributed by atoms with Crippen molar-refractivity contribution >= 4 is 5.91 Å². The summed E-state index contributed by atoms with van der Waals surface area (Å²) in [5, 5.41) is 20.3. The molecule has 2 saturated carbocycles. The van der Waals surface area contributed by atoms with E-state index in [0.29, 0.717) is 30.5 Å². The molecule has 0 aromatic heterocycles. The van der Waals surface area contributed by atoms with Gasteiger partial charge in [-0.05, 0) is 49.0 Å². The van der Waals surface area contributed by atoms with Crippen molar-refractivity contribution in [1.29, 1.82) is 0 Å². The molecule has 2 aliphatic carbocycles. The predicted octanol–water partition coefficient (Wildman–Crippen LogP) is 3.55. The van der Waals surface area contributed by atoms with E-state index in [0.717, 1.165) is 54.7 Å². The second-order valence-corrected chi connectivity index (χ2v) is 11.4. The van der Waals surface area contributed by atoms with Crippen LogP contribution in [0.5, 0.6) is 11.5 Å². The minimum Gasteiger partial charge on any atom is -0.496 e. The lowest BCUT2D eigenvalue weighted by molar-refractivity contribution is -0.210. The molecule has 5 rings (SSSR count). The number of hydrogen-bond acceptors (Lipinski definition) is 5. The Hall–Kier alpha value is -1.79. The Morgan fingerprint density at radius 2 is 1.97 bits per heavy atom. The Kier molecular flexibility index (Phi) is 4.89. The first kappa shape index (κ1) is 22.0. The maximum absolute atomic E-state index is 13.0. The first-order valence-electron chi connectivity index (χ1n) is 12.1. The first-order chi connectivity index (χ1) is 15.1. The topological polar surface area (TPSA) is 79.2 Å². The lowest BCUT2D eigenvalue weighted by Gasteiger charge is -2.64. The molecule has 4 aliphatic rings. The SMILES string of the molecule is COc1cc2c(c3c1C[C@@]1(O3)[C@H](C)CC[C@H]3C(C)(C)[C@H](O)CC[C@@]31C)CN(CCO)C2=O. The molecular weight excluding hydrogens is 406 g/mol. The molecule has 1 spiro atoms. The number of hydrogen-bond donors (Lipinski definition) is 2. The van der Waals surface area contributed by atoms with E-state index in [1.165, 1.54) is 0 Å². The van der Waals surface area contributed by atoms with E-state index in [-0.39, 0.29) is 35.0 Å². The summed E-state index contributed by atoms with van der Waals surface area (Å²) >= 11 is 0. The molecule has 2 heterocycles. The Morgan fingerprint density at radius 1 is 1.22 bits per heavy atom. The van der Waals surface area contributed by atoms with E-state index in [9.17, 15) is 15.0 Å². The molecule has 176 valence electrons. The number of rotatable bonds is 3. The highest BCUT2D eigenvalue weighted by atomic mass is 16.5. The van der Waals surface area contributed by atoms with Crippen LogP contribution in [0.1, 0.15) is 74.9 Å². The molecule has 2 N–H and O–H groups in total. The number of nitrogens with zero attached hydrogens (tertiary/aromatic N) is 1. The van der Waals surface area contributed by atoms with Crippen LogP contribution < -0.4 is 9.47 Å². The van der Waals surface area contributed by atoms with E-state index in [2.05, 4.69) is 27.7 Å². The number of aliphatic hydroxyl groups is 2. The summed E-state index contributed by atoms with van der Waals surface area (Å²) in [6, 6.07) is 1.87. The quantitative estimate of drug-likeness (QED) is 0.747. The minimum absolute atomic E-state index is 0.0575. The summed E-state index contributed by atoms with van der Waals surface area (Å²) in [5.41, 5.74) is 2.00. The Balaban J connectivity index is 1.63.